The molecule has 0 fully saturated rings. The highest BCUT2D eigenvalue weighted by Gasteiger charge is 2.14. The second kappa shape index (κ2) is 5.66. The summed E-state index contributed by atoms with van der Waals surface area (Å²) in [6.07, 6.45) is 2.43. The first-order valence-corrected chi connectivity index (χ1v) is 6.99. The number of aryl methyl sites for hydroxylation is 2. The van der Waals surface area contributed by atoms with Gasteiger partial charge in [0.15, 0.2) is 0 Å². The van der Waals surface area contributed by atoms with Crippen molar-refractivity contribution >= 4 is 10.8 Å². The van der Waals surface area contributed by atoms with Crippen LogP contribution >= 0.6 is 0 Å². The highest BCUT2D eigenvalue weighted by atomic mass is 19.1. The van der Waals surface area contributed by atoms with Gasteiger partial charge in [0.1, 0.15) is 5.82 Å². The molecule has 0 aliphatic heterocycles. The van der Waals surface area contributed by atoms with E-state index in [2.05, 4.69) is 5.10 Å². The van der Waals surface area contributed by atoms with Crippen LogP contribution in [0.1, 0.15) is 23.8 Å². The van der Waals surface area contributed by atoms with Crippen molar-refractivity contribution in [3.05, 3.63) is 65.7 Å². The summed E-state index contributed by atoms with van der Waals surface area (Å²) in [6.45, 7) is 0. The van der Waals surface area contributed by atoms with Crippen LogP contribution in [0.2, 0.25) is 0 Å². The van der Waals surface area contributed by atoms with Gasteiger partial charge in [-0.2, -0.15) is 5.10 Å². The lowest BCUT2D eigenvalue weighted by molar-refractivity contribution is 0.168. The second-order valence-corrected chi connectivity index (χ2v) is 5.18. The first-order valence-electron chi connectivity index (χ1n) is 6.99. The van der Waals surface area contributed by atoms with E-state index in [1.165, 1.54) is 6.07 Å². The van der Waals surface area contributed by atoms with E-state index in [4.69, 9.17) is 0 Å². The number of fused-ring (bicyclic) bond motifs is 1. The standard InChI is InChI=1S/C17H17FN2O/c1-20-12(10-11-19-20)6-9-17(21)15-7-8-16(18)14-5-3-2-4-13(14)15/h2-5,7-8,10-11,17,21H,6,9H2,1H3. The SMILES string of the molecule is Cn1nccc1CCC(O)c1ccc(F)c2ccccc12. The Morgan fingerprint density at radius 3 is 2.62 bits per heavy atom. The van der Waals surface area contributed by atoms with Gasteiger partial charge in [0, 0.05) is 24.3 Å². The maximum Gasteiger partial charge on any atom is 0.131 e. The molecule has 0 amide bonds. The molecule has 0 saturated heterocycles. The van der Waals surface area contributed by atoms with Crippen molar-refractivity contribution in [3.8, 4) is 0 Å². The van der Waals surface area contributed by atoms with Gasteiger partial charge in [-0.05, 0) is 35.9 Å². The van der Waals surface area contributed by atoms with Crippen LogP contribution in [0.15, 0.2) is 48.7 Å². The van der Waals surface area contributed by atoms with E-state index in [0.717, 1.165) is 23.1 Å². The van der Waals surface area contributed by atoms with Gasteiger partial charge in [-0.25, -0.2) is 4.39 Å². The highest BCUT2D eigenvalue weighted by molar-refractivity contribution is 5.86. The van der Waals surface area contributed by atoms with Crippen molar-refractivity contribution in [3.63, 3.8) is 0 Å². The molecule has 0 spiro atoms. The molecule has 3 rings (SSSR count). The lowest BCUT2D eigenvalue weighted by Gasteiger charge is -2.14. The zero-order valence-corrected chi connectivity index (χ0v) is 11.8. The van der Waals surface area contributed by atoms with E-state index in [1.807, 2.05) is 25.2 Å². The quantitative estimate of drug-likeness (QED) is 0.797. The van der Waals surface area contributed by atoms with Gasteiger partial charge in [0.2, 0.25) is 0 Å². The third kappa shape index (κ3) is 2.67. The van der Waals surface area contributed by atoms with Crippen LogP contribution in [0.5, 0.6) is 0 Å². The minimum Gasteiger partial charge on any atom is -0.388 e. The number of rotatable bonds is 4. The topological polar surface area (TPSA) is 38.0 Å². The Bertz CT molecular complexity index is 766. The Balaban J connectivity index is 1.86. The molecule has 21 heavy (non-hydrogen) atoms. The third-order valence-corrected chi connectivity index (χ3v) is 3.86. The Hall–Kier alpha value is -2.20. The summed E-state index contributed by atoms with van der Waals surface area (Å²) in [6, 6.07) is 12.3. The van der Waals surface area contributed by atoms with Crippen LogP contribution < -0.4 is 0 Å². The van der Waals surface area contributed by atoms with E-state index >= 15 is 0 Å². The predicted molar refractivity (Wildman–Crippen MR) is 80.4 cm³/mol. The number of nitrogens with zero attached hydrogens (tertiary/aromatic N) is 2. The lowest BCUT2D eigenvalue weighted by Crippen LogP contribution is -2.04. The molecule has 2 aromatic carbocycles. The average Bonchev–Trinajstić information content (AvgIpc) is 2.91. The van der Waals surface area contributed by atoms with Gasteiger partial charge in [0.25, 0.3) is 0 Å². The molecule has 1 heterocycles. The summed E-state index contributed by atoms with van der Waals surface area (Å²) < 4.78 is 15.6. The van der Waals surface area contributed by atoms with Gasteiger partial charge in [-0.15, -0.1) is 0 Å². The maximum absolute atomic E-state index is 13.8. The molecule has 0 radical (unpaired) electrons. The van der Waals surface area contributed by atoms with Gasteiger partial charge < -0.3 is 5.11 Å². The van der Waals surface area contributed by atoms with E-state index in [9.17, 15) is 9.50 Å². The molecular formula is C17H17FN2O. The molecule has 1 aromatic heterocycles. The maximum atomic E-state index is 13.8. The van der Waals surface area contributed by atoms with E-state index in [-0.39, 0.29) is 5.82 Å². The number of hydrogen-bond acceptors (Lipinski definition) is 2. The first-order chi connectivity index (χ1) is 10.2. The van der Waals surface area contributed by atoms with Crippen LogP contribution in [0.3, 0.4) is 0 Å². The van der Waals surface area contributed by atoms with E-state index < -0.39 is 6.10 Å². The zero-order chi connectivity index (χ0) is 14.8. The second-order valence-electron chi connectivity index (χ2n) is 5.18. The van der Waals surface area contributed by atoms with Crippen LogP contribution in [-0.2, 0) is 13.5 Å². The summed E-state index contributed by atoms with van der Waals surface area (Å²) in [5, 5.41) is 15.9. The van der Waals surface area contributed by atoms with Crippen molar-refractivity contribution in [2.24, 2.45) is 7.05 Å². The fourth-order valence-electron chi connectivity index (χ4n) is 2.66. The minimum absolute atomic E-state index is 0.256. The fraction of sp³-hybridized carbons (Fsp3) is 0.235. The van der Waals surface area contributed by atoms with E-state index in [1.54, 1.807) is 29.1 Å². The number of aliphatic hydroxyl groups is 1. The minimum atomic E-state index is -0.620. The smallest absolute Gasteiger partial charge is 0.131 e. The normalized spacial score (nSPS) is 12.7. The number of halogens is 1. The zero-order valence-electron chi connectivity index (χ0n) is 11.8. The number of benzene rings is 2. The van der Waals surface area contributed by atoms with Crippen molar-refractivity contribution in [2.75, 3.05) is 0 Å². The number of aromatic nitrogens is 2. The largest absolute Gasteiger partial charge is 0.388 e. The third-order valence-electron chi connectivity index (χ3n) is 3.86. The molecule has 0 aliphatic rings. The molecule has 1 atom stereocenters. The number of aliphatic hydroxyl groups excluding tert-OH is 1. The Morgan fingerprint density at radius 2 is 1.90 bits per heavy atom. The molecular weight excluding hydrogens is 267 g/mol. The molecule has 0 bridgehead atoms. The molecule has 4 heteroatoms. The molecule has 3 nitrogen and oxygen atoms in total. The van der Waals surface area contributed by atoms with Crippen molar-refractivity contribution in [1.82, 2.24) is 9.78 Å². The molecule has 1 N–H and O–H groups in total. The van der Waals surface area contributed by atoms with Crippen LogP contribution in [0.4, 0.5) is 4.39 Å². The lowest BCUT2D eigenvalue weighted by atomic mass is 9.97. The van der Waals surface area contributed by atoms with Gasteiger partial charge in [-0.3, -0.25) is 4.68 Å². The van der Waals surface area contributed by atoms with Gasteiger partial charge in [-0.1, -0.05) is 30.3 Å². The van der Waals surface area contributed by atoms with E-state index in [0.29, 0.717) is 11.8 Å². The van der Waals surface area contributed by atoms with Crippen LogP contribution in [0, 0.1) is 5.82 Å². The first kappa shape index (κ1) is 13.8. The van der Waals surface area contributed by atoms with Gasteiger partial charge >= 0.3 is 0 Å². The molecule has 0 aliphatic carbocycles. The van der Waals surface area contributed by atoms with Crippen molar-refractivity contribution in [2.45, 2.75) is 18.9 Å². The summed E-state index contributed by atoms with van der Waals surface area (Å²) in [5.41, 5.74) is 1.84. The Morgan fingerprint density at radius 1 is 1.14 bits per heavy atom. The van der Waals surface area contributed by atoms with Crippen LogP contribution in [0.25, 0.3) is 10.8 Å². The fourth-order valence-corrected chi connectivity index (χ4v) is 2.66. The number of hydrogen-bond donors (Lipinski definition) is 1. The van der Waals surface area contributed by atoms with Crippen molar-refractivity contribution < 1.29 is 9.50 Å². The molecule has 3 aromatic rings. The summed E-state index contributed by atoms with van der Waals surface area (Å²) in [4.78, 5) is 0. The molecule has 1 unspecified atom stereocenters. The van der Waals surface area contributed by atoms with Crippen LogP contribution in [-0.4, -0.2) is 14.9 Å². The Kier molecular flexibility index (Phi) is 3.71. The van der Waals surface area contributed by atoms with Gasteiger partial charge in [0.05, 0.1) is 6.10 Å². The summed E-state index contributed by atoms with van der Waals surface area (Å²) >= 11 is 0. The summed E-state index contributed by atoms with van der Waals surface area (Å²) in [5.74, 6) is -0.256. The average molecular weight is 284 g/mol. The summed E-state index contributed by atoms with van der Waals surface area (Å²) in [7, 11) is 1.88. The molecule has 0 saturated carbocycles. The molecule has 108 valence electrons. The van der Waals surface area contributed by atoms with Crippen molar-refractivity contribution in [1.29, 1.82) is 0 Å². The highest BCUT2D eigenvalue weighted by Crippen LogP contribution is 2.28. The predicted octanol–water partition coefficient (Wildman–Crippen LogP) is 3.38. The Labute approximate surface area is 122 Å². The monoisotopic (exact) mass is 284 g/mol.